The van der Waals surface area contributed by atoms with Crippen LogP contribution in [0.1, 0.15) is 6.92 Å². The molecule has 18 heavy (non-hydrogen) atoms. The zero-order valence-corrected chi connectivity index (χ0v) is 10.5. The van der Waals surface area contributed by atoms with Crippen molar-refractivity contribution in [1.29, 1.82) is 0 Å². The van der Waals surface area contributed by atoms with E-state index in [0.29, 0.717) is 10.7 Å². The third-order valence-electron chi connectivity index (χ3n) is 2.41. The van der Waals surface area contributed by atoms with Crippen LogP contribution in [-0.4, -0.2) is 25.0 Å². The average Bonchev–Trinajstić information content (AvgIpc) is 2.28. The highest BCUT2D eigenvalue weighted by molar-refractivity contribution is 6.30. The van der Waals surface area contributed by atoms with E-state index in [1.54, 1.807) is 24.3 Å². The van der Waals surface area contributed by atoms with Crippen molar-refractivity contribution in [3.63, 3.8) is 0 Å². The smallest absolute Gasteiger partial charge is 0.0608 e. The highest BCUT2D eigenvalue weighted by atomic mass is 35.5. The fraction of sp³-hybridized carbons (Fsp3) is 0.333. The van der Waals surface area contributed by atoms with Gasteiger partial charge in [-0.3, -0.25) is 0 Å². The second-order valence-corrected chi connectivity index (χ2v) is 4.39. The van der Waals surface area contributed by atoms with E-state index in [2.05, 4.69) is 0 Å². The molecule has 0 bridgehead atoms. The molecule has 0 amide bonds. The predicted octanol–water partition coefficient (Wildman–Crippen LogP) is -0.718. The molecule has 1 rings (SSSR count). The summed E-state index contributed by atoms with van der Waals surface area (Å²) in [5.74, 6) is -3.30. The first-order valence-electron chi connectivity index (χ1n) is 5.31. The van der Waals surface area contributed by atoms with Crippen molar-refractivity contribution < 1.29 is 19.8 Å². The molecule has 0 N–H and O–H groups in total. The van der Waals surface area contributed by atoms with Crippen LogP contribution < -0.4 is 15.1 Å². The predicted molar refractivity (Wildman–Crippen MR) is 62.8 cm³/mol. The van der Waals surface area contributed by atoms with E-state index in [0.717, 1.165) is 0 Å². The number of carbonyl (C=O) groups is 2. The van der Waals surface area contributed by atoms with Gasteiger partial charge in [-0.15, -0.1) is 0 Å². The molecule has 0 saturated heterocycles. The van der Waals surface area contributed by atoms with Gasteiger partial charge in [-0.2, -0.15) is 0 Å². The second kappa shape index (κ2) is 6.26. The topological polar surface area (TPSA) is 83.5 Å². The lowest BCUT2D eigenvalue weighted by Crippen LogP contribution is -2.43. The highest BCUT2D eigenvalue weighted by Gasteiger charge is 2.12. The summed E-state index contributed by atoms with van der Waals surface area (Å²) in [5.41, 5.74) is 0.566. The number of hydrogen-bond donors (Lipinski definition) is 0. The summed E-state index contributed by atoms with van der Waals surface area (Å²) in [5, 5.41) is 21.9. The average molecular weight is 270 g/mol. The maximum Gasteiger partial charge on any atom is 0.0608 e. The molecule has 0 aliphatic rings. The number of carboxylic acids is 2. The highest BCUT2D eigenvalue weighted by Crippen LogP contribution is 2.18. The maximum atomic E-state index is 10.7. The summed E-state index contributed by atoms with van der Waals surface area (Å²) in [6.07, 6.45) is 0. The summed E-state index contributed by atoms with van der Waals surface area (Å²) in [6, 6.07) is 6.44. The van der Waals surface area contributed by atoms with Crippen molar-refractivity contribution in [2.75, 3.05) is 18.0 Å². The lowest BCUT2D eigenvalue weighted by Gasteiger charge is -2.28. The Labute approximate surface area is 110 Å². The Morgan fingerprint density at radius 2 is 1.83 bits per heavy atom. The number of rotatable bonds is 6. The minimum absolute atomic E-state index is 0.0257. The summed E-state index contributed by atoms with van der Waals surface area (Å²) in [4.78, 5) is 22.7. The fourth-order valence-corrected chi connectivity index (χ4v) is 1.60. The molecule has 0 heterocycles. The van der Waals surface area contributed by atoms with Gasteiger partial charge in [-0.05, 0) is 24.3 Å². The molecule has 1 aromatic carbocycles. The lowest BCUT2D eigenvalue weighted by atomic mass is 10.1. The number of halogens is 1. The molecular formula is C12H12ClNO4-2. The van der Waals surface area contributed by atoms with Gasteiger partial charge in [0.05, 0.1) is 12.5 Å². The molecule has 98 valence electrons. The van der Waals surface area contributed by atoms with Gasteiger partial charge in [-0.25, -0.2) is 0 Å². The van der Waals surface area contributed by atoms with Crippen LogP contribution in [-0.2, 0) is 9.59 Å². The molecule has 1 atom stereocenters. The van der Waals surface area contributed by atoms with Gasteiger partial charge in [0.25, 0.3) is 0 Å². The molecule has 0 fully saturated rings. The van der Waals surface area contributed by atoms with Gasteiger partial charge in [0, 0.05) is 29.1 Å². The van der Waals surface area contributed by atoms with E-state index in [9.17, 15) is 19.8 Å². The third-order valence-corrected chi connectivity index (χ3v) is 2.66. The van der Waals surface area contributed by atoms with Crippen molar-refractivity contribution in [3.8, 4) is 0 Å². The Morgan fingerprint density at radius 3 is 2.28 bits per heavy atom. The number of carbonyl (C=O) groups excluding carboxylic acids is 2. The zero-order valence-electron chi connectivity index (χ0n) is 9.76. The van der Waals surface area contributed by atoms with Gasteiger partial charge in [0.2, 0.25) is 0 Å². The number of aliphatic carboxylic acids is 2. The number of nitrogens with zero attached hydrogens (tertiary/aromatic N) is 1. The van der Waals surface area contributed by atoms with Crippen LogP contribution in [0.3, 0.4) is 0 Å². The van der Waals surface area contributed by atoms with Gasteiger partial charge in [0.1, 0.15) is 0 Å². The summed E-state index contributed by atoms with van der Waals surface area (Å²) < 4.78 is 0. The standard InChI is InChI=1S/C12H14ClNO4/c1-8(12(17)18)6-14(7-11(15)16)10-4-2-9(13)3-5-10/h2-5,8H,6-7H2,1H3,(H,15,16)(H,17,18)/p-2/t8-/m1/s1. The first-order valence-corrected chi connectivity index (χ1v) is 5.69. The molecule has 0 saturated carbocycles. The van der Waals surface area contributed by atoms with Crippen LogP contribution in [0, 0.1) is 5.92 Å². The molecule has 5 nitrogen and oxygen atoms in total. The van der Waals surface area contributed by atoms with E-state index in [-0.39, 0.29) is 13.1 Å². The quantitative estimate of drug-likeness (QED) is 0.681. The Kier molecular flexibility index (Phi) is 4.97. The lowest BCUT2D eigenvalue weighted by molar-refractivity contribution is -0.311. The Hall–Kier alpha value is -1.75. The molecule has 1 aromatic rings. The minimum Gasteiger partial charge on any atom is -0.550 e. The molecule has 0 radical (unpaired) electrons. The molecule has 0 unspecified atom stereocenters. The number of benzene rings is 1. The van der Waals surface area contributed by atoms with Gasteiger partial charge in [-0.1, -0.05) is 18.5 Å². The van der Waals surface area contributed by atoms with E-state index < -0.39 is 17.9 Å². The maximum absolute atomic E-state index is 10.7. The van der Waals surface area contributed by atoms with Gasteiger partial charge in [0.15, 0.2) is 0 Å². The van der Waals surface area contributed by atoms with E-state index >= 15 is 0 Å². The Balaban J connectivity index is 2.87. The monoisotopic (exact) mass is 269 g/mol. The Morgan fingerprint density at radius 1 is 1.28 bits per heavy atom. The number of anilines is 1. The van der Waals surface area contributed by atoms with E-state index in [1.165, 1.54) is 11.8 Å². The number of carboxylic acid groups (broad SMARTS) is 2. The van der Waals surface area contributed by atoms with Crippen LogP contribution in [0.25, 0.3) is 0 Å². The van der Waals surface area contributed by atoms with E-state index in [4.69, 9.17) is 11.6 Å². The molecule has 6 heteroatoms. The molecule has 0 spiro atoms. The van der Waals surface area contributed by atoms with Crippen molar-refractivity contribution in [2.24, 2.45) is 5.92 Å². The van der Waals surface area contributed by atoms with Crippen molar-refractivity contribution in [1.82, 2.24) is 0 Å². The molecule has 0 aliphatic carbocycles. The largest absolute Gasteiger partial charge is 0.550 e. The fourth-order valence-electron chi connectivity index (χ4n) is 1.47. The first-order chi connectivity index (χ1) is 8.40. The normalized spacial score (nSPS) is 11.9. The first kappa shape index (κ1) is 14.3. The van der Waals surface area contributed by atoms with Crippen LogP contribution >= 0.6 is 11.6 Å². The van der Waals surface area contributed by atoms with Crippen molar-refractivity contribution in [2.45, 2.75) is 6.92 Å². The zero-order chi connectivity index (χ0) is 13.7. The van der Waals surface area contributed by atoms with Crippen LogP contribution in [0.4, 0.5) is 5.69 Å². The summed E-state index contributed by atoms with van der Waals surface area (Å²) in [7, 11) is 0. The van der Waals surface area contributed by atoms with Gasteiger partial charge >= 0.3 is 0 Å². The number of hydrogen-bond acceptors (Lipinski definition) is 5. The third kappa shape index (κ3) is 4.25. The van der Waals surface area contributed by atoms with Crippen molar-refractivity contribution >= 4 is 29.2 Å². The van der Waals surface area contributed by atoms with E-state index in [1.807, 2.05) is 0 Å². The second-order valence-electron chi connectivity index (χ2n) is 3.95. The molecule has 0 aliphatic heterocycles. The van der Waals surface area contributed by atoms with Crippen LogP contribution in [0.15, 0.2) is 24.3 Å². The molecular weight excluding hydrogens is 258 g/mol. The van der Waals surface area contributed by atoms with Crippen molar-refractivity contribution in [3.05, 3.63) is 29.3 Å². The molecule has 0 aromatic heterocycles. The van der Waals surface area contributed by atoms with Gasteiger partial charge < -0.3 is 24.7 Å². The summed E-state index contributed by atoms with van der Waals surface area (Å²) in [6.45, 7) is 1.09. The summed E-state index contributed by atoms with van der Waals surface area (Å²) >= 11 is 5.73. The minimum atomic E-state index is -1.28. The van der Waals surface area contributed by atoms with Crippen LogP contribution in [0.5, 0.6) is 0 Å². The Bertz CT molecular complexity index is 432. The van der Waals surface area contributed by atoms with Crippen LogP contribution in [0.2, 0.25) is 5.02 Å². The SMILES string of the molecule is C[C@H](CN(CC(=O)[O-])c1ccc(Cl)cc1)C(=O)[O-].